The van der Waals surface area contributed by atoms with Gasteiger partial charge < -0.3 is 9.47 Å². The maximum Gasteiger partial charge on any atom is 0.346 e. The van der Waals surface area contributed by atoms with Crippen LogP contribution in [0.2, 0.25) is 0 Å². The topological polar surface area (TPSA) is 43.0 Å². The SMILES string of the molecule is COC(OC)C1(c2ccccc2)NN(C)C(OC(F)F)C1(Cl)Cl. The number of hydrogen-bond donors (Lipinski definition) is 1. The second kappa shape index (κ2) is 7.14. The highest BCUT2D eigenvalue weighted by atomic mass is 35.5. The Morgan fingerprint density at radius 3 is 2.22 bits per heavy atom. The fraction of sp³-hybridized carbons (Fsp3) is 0.571. The summed E-state index contributed by atoms with van der Waals surface area (Å²) in [5.41, 5.74) is 2.23. The molecule has 130 valence electrons. The van der Waals surface area contributed by atoms with E-state index in [1.807, 2.05) is 6.07 Å². The van der Waals surface area contributed by atoms with Crippen molar-refractivity contribution in [1.29, 1.82) is 0 Å². The Kier molecular flexibility index (Phi) is 5.84. The second-order valence-corrected chi connectivity index (χ2v) is 6.46. The van der Waals surface area contributed by atoms with Crippen molar-refractivity contribution in [2.24, 2.45) is 0 Å². The highest BCUT2D eigenvalue weighted by molar-refractivity contribution is 6.50. The van der Waals surface area contributed by atoms with Crippen LogP contribution in [0, 0.1) is 0 Å². The van der Waals surface area contributed by atoms with Crippen molar-refractivity contribution >= 4 is 23.2 Å². The van der Waals surface area contributed by atoms with Gasteiger partial charge in [0.2, 0.25) is 0 Å². The molecule has 0 saturated carbocycles. The molecule has 1 aliphatic rings. The van der Waals surface area contributed by atoms with Gasteiger partial charge in [-0.25, -0.2) is 10.4 Å². The molecule has 1 aromatic rings. The van der Waals surface area contributed by atoms with Crippen molar-refractivity contribution in [3.8, 4) is 0 Å². The Labute approximate surface area is 143 Å². The number of hydrazine groups is 1. The number of benzene rings is 1. The molecular formula is C14H18Cl2F2N2O3. The molecule has 0 amide bonds. The molecule has 9 heteroatoms. The standard InChI is InChI=1S/C14H18Cl2F2N2O3/c1-20-10(23-12(17)18)14(15,16)13(19-20,11(21-2)22-3)9-7-5-4-6-8-9/h4-8,10-12,19H,1-3H3. The average molecular weight is 371 g/mol. The number of halogens is 4. The summed E-state index contributed by atoms with van der Waals surface area (Å²) < 4.78 is 39.0. The van der Waals surface area contributed by atoms with Gasteiger partial charge in [-0.05, 0) is 5.56 Å². The van der Waals surface area contributed by atoms with Crippen LogP contribution in [0.3, 0.4) is 0 Å². The van der Waals surface area contributed by atoms with Crippen LogP contribution in [-0.4, -0.2) is 49.7 Å². The molecule has 23 heavy (non-hydrogen) atoms. The first kappa shape index (κ1) is 18.8. The van der Waals surface area contributed by atoms with E-state index in [9.17, 15) is 8.78 Å². The molecule has 1 fully saturated rings. The van der Waals surface area contributed by atoms with E-state index < -0.39 is 29.0 Å². The molecule has 5 nitrogen and oxygen atoms in total. The van der Waals surface area contributed by atoms with Gasteiger partial charge in [0.1, 0.15) is 5.54 Å². The van der Waals surface area contributed by atoms with Crippen LogP contribution in [0.15, 0.2) is 30.3 Å². The van der Waals surface area contributed by atoms with Crippen LogP contribution in [0.1, 0.15) is 5.56 Å². The molecule has 0 radical (unpaired) electrons. The molecule has 1 saturated heterocycles. The number of ether oxygens (including phenoxy) is 3. The summed E-state index contributed by atoms with van der Waals surface area (Å²) >= 11 is 13.1. The average Bonchev–Trinajstić information content (AvgIpc) is 2.70. The van der Waals surface area contributed by atoms with Crippen molar-refractivity contribution in [2.45, 2.75) is 29.0 Å². The van der Waals surface area contributed by atoms with Crippen LogP contribution < -0.4 is 5.43 Å². The maximum absolute atomic E-state index is 12.8. The highest BCUT2D eigenvalue weighted by Crippen LogP contribution is 2.53. The Balaban J connectivity index is 2.58. The van der Waals surface area contributed by atoms with Gasteiger partial charge in [-0.1, -0.05) is 53.5 Å². The van der Waals surface area contributed by atoms with Gasteiger partial charge in [0.05, 0.1) is 0 Å². The molecule has 2 atom stereocenters. The molecule has 0 spiro atoms. The Hall–Kier alpha value is -0.540. The van der Waals surface area contributed by atoms with Gasteiger partial charge in [0.15, 0.2) is 16.9 Å². The summed E-state index contributed by atoms with van der Waals surface area (Å²) in [4.78, 5) is 0. The first-order valence-electron chi connectivity index (χ1n) is 6.74. The van der Waals surface area contributed by atoms with E-state index in [2.05, 4.69) is 10.2 Å². The minimum absolute atomic E-state index is 0.603. The van der Waals surface area contributed by atoms with E-state index in [1.165, 1.54) is 26.3 Å². The molecule has 0 bridgehead atoms. The lowest BCUT2D eigenvalue weighted by Crippen LogP contribution is -2.59. The minimum Gasteiger partial charge on any atom is -0.353 e. The predicted molar refractivity (Wildman–Crippen MR) is 82.1 cm³/mol. The molecule has 1 heterocycles. The molecule has 0 aliphatic carbocycles. The Morgan fingerprint density at radius 2 is 1.74 bits per heavy atom. The molecular weight excluding hydrogens is 353 g/mol. The summed E-state index contributed by atoms with van der Waals surface area (Å²) in [6.07, 6.45) is -2.30. The zero-order valence-electron chi connectivity index (χ0n) is 12.8. The van der Waals surface area contributed by atoms with Gasteiger partial charge in [-0.2, -0.15) is 8.78 Å². The lowest BCUT2D eigenvalue weighted by molar-refractivity contribution is -0.198. The van der Waals surface area contributed by atoms with Crippen LogP contribution in [0.4, 0.5) is 8.78 Å². The van der Waals surface area contributed by atoms with E-state index in [-0.39, 0.29) is 0 Å². The molecule has 1 aromatic carbocycles. The number of methoxy groups -OCH3 is 2. The van der Waals surface area contributed by atoms with E-state index in [1.54, 1.807) is 24.3 Å². The number of nitrogens with one attached hydrogen (secondary N) is 1. The zero-order valence-corrected chi connectivity index (χ0v) is 14.3. The third-order valence-corrected chi connectivity index (χ3v) is 4.75. The third kappa shape index (κ3) is 3.07. The number of hydrogen-bond acceptors (Lipinski definition) is 5. The molecule has 1 aliphatic heterocycles. The van der Waals surface area contributed by atoms with Crippen LogP contribution in [0.25, 0.3) is 0 Å². The normalized spacial score (nSPS) is 28.0. The van der Waals surface area contributed by atoms with E-state index in [4.69, 9.17) is 32.7 Å². The van der Waals surface area contributed by atoms with Crippen molar-refractivity contribution in [1.82, 2.24) is 10.4 Å². The van der Waals surface area contributed by atoms with Gasteiger partial charge in [0.25, 0.3) is 0 Å². The summed E-state index contributed by atoms with van der Waals surface area (Å²) in [6, 6.07) is 8.84. The minimum atomic E-state index is -3.05. The zero-order chi connectivity index (χ0) is 17.3. The number of alkyl halides is 4. The second-order valence-electron chi connectivity index (χ2n) is 5.07. The van der Waals surface area contributed by atoms with E-state index in [0.717, 1.165) is 0 Å². The summed E-state index contributed by atoms with van der Waals surface area (Å²) in [5, 5.41) is 1.28. The van der Waals surface area contributed by atoms with Crippen LogP contribution >= 0.6 is 23.2 Å². The van der Waals surface area contributed by atoms with Gasteiger partial charge >= 0.3 is 6.61 Å². The first-order chi connectivity index (χ1) is 10.8. The Morgan fingerprint density at radius 1 is 1.17 bits per heavy atom. The Bertz CT molecular complexity index is 520. The first-order valence-corrected chi connectivity index (χ1v) is 7.50. The smallest absolute Gasteiger partial charge is 0.346 e. The van der Waals surface area contributed by atoms with Crippen LogP contribution in [-0.2, 0) is 19.7 Å². The van der Waals surface area contributed by atoms with Crippen molar-refractivity contribution in [3.05, 3.63) is 35.9 Å². The van der Waals surface area contributed by atoms with E-state index in [0.29, 0.717) is 5.56 Å². The monoisotopic (exact) mass is 370 g/mol. The maximum atomic E-state index is 12.8. The number of rotatable bonds is 6. The van der Waals surface area contributed by atoms with Crippen molar-refractivity contribution in [2.75, 3.05) is 21.3 Å². The van der Waals surface area contributed by atoms with Crippen molar-refractivity contribution in [3.63, 3.8) is 0 Å². The summed E-state index contributed by atoms with van der Waals surface area (Å²) in [6.45, 7) is -3.05. The quantitative estimate of drug-likeness (QED) is 0.615. The lowest BCUT2D eigenvalue weighted by atomic mass is 9.86. The molecule has 2 rings (SSSR count). The highest BCUT2D eigenvalue weighted by Gasteiger charge is 2.68. The fourth-order valence-electron chi connectivity index (χ4n) is 2.88. The largest absolute Gasteiger partial charge is 0.353 e. The van der Waals surface area contributed by atoms with Gasteiger partial charge in [-0.15, -0.1) is 0 Å². The third-order valence-electron chi connectivity index (χ3n) is 3.78. The van der Waals surface area contributed by atoms with Crippen LogP contribution in [0.5, 0.6) is 0 Å². The fourth-order valence-corrected chi connectivity index (χ4v) is 3.75. The lowest BCUT2D eigenvalue weighted by Gasteiger charge is -2.42. The van der Waals surface area contributed by atoms with Gasteiger partial charge in [-0.3, -0.25) is 4.74 Å². The predicted octanol–water partition coefficient (Wildman–Crippen LogP) is 2.69. The molecule has 0 aromatic heterocycles. The molecule has 2 unspecified atom stereocenters. The van der Waals surface area contributed by atoms with Gasteiger partial charge in [0, 0.05) is 21.3 Å². The summed E-state index contributed by atoms with van der Waals surface area (Å²) in [7, 11) is 4.32. The van der Waals surface area contributed by atoms with Crippen molar-refractivity contribution < 1.29 is 23.0 Å². The summed E-state index contributed by atoms with van der Waals surface area (Å²) in [5.74, 6) is 0. The molecule has 1 N–H and O–H groups in total. The van der Waals surface area contributed by atoms with E-state index >= 15 is 0 Å². The number of nitrogens with zero attached hydrogens (tertiary/aromatic N) is 1.